The molecule has 1 aliphatic heterocycles. The lowest BCUT2D eigenvalue weighted by Crippen LogP contribution is -2.29. The first-order valence-electron chi connectivity index (χ1n) is 8.11. The smallest absolute Gasteiger partial charge is 0.240 e. The minimum absolute atomic E-state index is 0.242. The lowest BCUT2D eigenvalue weighted by atomic mass is 10.4. The Morgan fingerprint density at radius 2 is 1.84 bits per heavy atom. The first-order chi connectivity index (χ1) is 12.0. The monoisotopic (exact) mass is 425 g/mol. The summed E-state index contributed by atoms with van der Waals surface area (Å²) in [6.07, 6.45) is 4.15. The van der Waals surface area contributed by atoms with Crippen LogP contribution >= 0.6 is 15.9 Å². The number of aromatic nitrogens is 2. The Kier molecular flexibility index (Phi) is 5.87. The van der Waals surface area contributed by atoms with Crippen LogP contribution in [0.2, 0.25) is 0 Å². The summed E-state index contributed by atoms with van der Waals surface area (Å²) >= 11 is 3.29. The van der Waals surface area contributed by atoms with Crippen LogP contribution in [0.4, 0.5) is 11.5 Å². The van der Waals surface area contributed by atoms with Crippen LogP contribution in [0.25, 0.3) is 0 Å². The third-order valence-electron chi connectivity index (χ3n) is 3.96. The van der Waals surface area contributed by atoms with Crippen LogP contribution in [0, 0.1) is 0 Å². The Bertz CT molecular complexity index is 808. The molecule has 1 aliphatic rings. The predicted octanol–water partition coefficient (Wildman–Crippen LogP) is 2.23. The number of nitrogens with zero attached hydrogens (tertiary/aromatic N) is 3. The average Bonchev–Trinajstić information content (AvgIpc) is 3.14. The summed E-state index contributed by atoms with van der Waals surface area (Å²) in [5, 5.41) is 11.2. The van der Waals surface area contributed by atoms with E-state index in [1.807, 2.05) is 6.07 Å². The fraction of sp³-hybridized carbons (Fsp3) is 0.375. The SMILES string of the molecule is O=S(=O)(NCCNc1cc(N2CCCC2)cnn1)c1ccc(Br)cc1. The summed E-state index contributed by atoms with van der Waals surface area (Å²) in [6, 6.07) is 8.47. The summed E-state index contributed by atoms with van der Waals surface area (Å²) in [5.74, 6) is 0.646. The van der Waals surface area contributed by atoms with E-state index < -0.39 is 10.0 Å². The summed E-state index contributed by atoms with van der Waals surface area (Å²) in [6.45, 7) is 2.76. The van der Waals surface area contributed by atoms with E-state index in [1.165, 1.54) is 12.8 Å². The molecule has 1 aromatic heterocycles. The fourth-order valence-corrected chi connectivity index (χ4v) is 3.96. The number of halogens is 1. The maximum Gasteiger partial charge on any atom is 0.240 e. The molecule has 9 heteroatoms. The van der Waals surface area contributed by atoms with Crippen molar-refractivity contribution in [1.82, 2.24) is 14.9 Å². The predicted molar refractivity (Wildman–Crippen MR) is 101 cm³/mol. The van der Waals surface area contributed by atoms with Crippen molar-refractivity contribution in [3.8, 4) is 0 Å². The highest BCUT2D eigenvalue weighted by molar-refractivity contribution is 9.10. The first-order valence-corrected chi connectivity index (χ1v) is 10.4. The molecule has 0 spiro atoms. The maximum atomic E-state index is 12.2. The molecule has 0 unspecified atom stereocenters. The molecule has 134 valence electrons. The standard InChI is InChI=1S/C16H20BrN5O2S/c17-13-3-5-15(6-4-13)25(23,24)20-8-7-18-16-11-14(12-19-21-16)22-9-1-2-10-22/h3-6,11-12,20H,1-2,7-10H2,(H,18,21). The van der Waals surface area contributed by atoms with Crippen molar-refractivity contribution in [3.63, 3.8) is 0 Å². The van der Waals surface area contributed by atoms with Crippen molar-refractivity contribution in [2.24, 2.45) is 0 Å². The van der Waals surface area contributed by atoms with Gasteiger partial charge in [-0.1, -0.05) is 15.9 Å². The minimum Gasteiger partial charge on any atom is -0.370 e. The van der Waals surface area contributed by atoms with Gasteiger partial charge in [0.05, 0.1) is 16.8 Å². The largest absolute Gasteiger partial charge is 0.370 e. The van der Waals surface area contributed by atoms with Gasteiger partial charge < -0.3 is 10.2 Å². The van der Waals surface area contributed by atoms with Crippen molar-refractivity contribution < 1.29 is 8.42 Å². The molecule has 0 amide bonds. The van der Waals surface area contributed by atoms with Crippen LogP contribution < -0.4 is 14.9 Å². The lowest BCUT2D eigenvalue weighted by molar-refractivity contribution is 0.583. The Morgan fingerprint density at radius 1 is 1.12 bits per heavy atom. The van der Waals surface area contributed by atoms with Crippen LogP contribution in [0.1, 0.15) is 12.8 Å². The Balaban J connectivity index is 1.51. The molecule has 2 N–H and O–H groups in total. The summed E-state index contributed by atoms with van der Waals surface area (Å²) < 4.78 is 27.8. The molecular weight excluding hydrogens is 406 g/mol. The van der Waals surface area contributed by atoms with Gasteiger partial charge in [0.15, 0.2) is 5.82 Å². The van der Waals surface area contributed by atoms with Crippen molar-refractivity contribution in [3.05, 3.63) is 41.0 Å². The number of nitrogens with one attached hydrogen (secondary N) is 2. The van der Waals surface area contributed by atoms with Crippen LogP contribution in [0.15, 0.2) is 45.9 Å². The fourth-order valence-electron chi connectivity index (χ4n) is 2.66. The zero-order chi connectivity index (χ0) is 17.7. The van der Waals surface area contributed by atoms with E-state index in [4.69, 9.17) is 0 Å². The molecule has 2 heterocycles. The van der Waals surface area contributed by atoms with Gasteiger partial charge in [-0.2, -0.15) is 5.10 Å². The van der Waals surface area contributed by atoms with E-state index in [1.54, 1.807) is 30.5 Å². The molecular formula is C16H20BrN5O2S. The average molecular weight is 426 g/mol. The number of benzene rings is 1. The molecule has 0 aliphatic carbocycles. The summed E-state index contributed by atoms with van der Waals surface area (Å²) in [4.78, 5) is 2.52. The molecule has 7 nitrogen and oxygen atoms in total. The topological polar surface area (TPSA) is 87.2 Å². The number of hydrogen-bond acceptors (Lipinski definition) is 6. The Labute approximate surface area is 156 Å². The van der Waals surface area contributed by atoms with Crippen LogP contribution in [-0.4, -0.2) is 44.8 Å². The van der Waals surface area contributed by atoms with Crippen molar-refractivity contribution in [1.29, 1.82) is 0 Å². The molecule has 1 fully saturated rings. The quantitative estimate of drug-likeness (QED) is 0.661. The molecule has 2 aromatic rings. The first kappa shape index (κ1) is 18.1. The molecule has 0 radical (unpaired) electrons. The molecule has 0 atom stereocenters. The van der Waals surface area contributed by atoms with Gasteiger partial charge in [-0.15, -0.1) is 5.10 Å². The lowest BCUT2D eigenvalue weighted by Gasteiger charge is -2.17. The van der Waals surface area contributed by atoms with Gasteiger partial charge in [0, 0.05) is 36.7 Å². The maximum absolute atomic E-state index is 12.2. The highest BCUT2D eigenvalue weighted by Gasteiger charge is 2.14. The third-order valence-corrected chi connectivity index (χ3v) is 5.96. The number of hydrogen-bond donors (Lipinski definition) is 2. The highest BCUT2D eigenvalue weighted by Crippen LogP contribution is 2.20. The van der Waals surface area contributed by atoms with E-state index in [0.717, 1.165) is 23.2 Å². The molecule has 0 saturated carbocycles. The minimum atomic E-state index is -3.51. The van der Waals surface area contributed by atoms with Gasteiger partial charge in [-0.05, 0) is 37.1 Å². The molecule has 1 aromatic carbocycles. The number of sulfonamides is 1. The van der Waals surface area contributed by atoms with E-state index in [2.05, 4.69) is 41.1 Å². The number of rotatable bonds is 7. The van der Waals surface area contributed by atoms with Crippen molar-refractivity contribution in [2.45, 2.75) is 17.7 Å². The summed E-state index contributed by atoms with van der Waals surface area (Å²) in [7, 11) is -3.51. The van der Waals surface area contributed by atoms with Gasteiger partial charge in [0.25, 0.3) is 0 Å². The van der Waals surface area contributed by atoms with Crippen LogP contribution in [-0.2, 0) is 10.0 Å². The van der Waals surface area contributed by atoms with E-state index in [-0.39, 0.29) is 11.4 Å². The van der Waals surface area contributed by atoms with Gasteiger partial charge in [-0.3, -0.25) is 0 Å². The highest BCUT2D eigenvalue weighted by atomic mass is 79.9. The molecule has 25 heavy (non-hydrogen) atoms. The summed E-state index contributed by atoms with van der Waals surface area (Å²) in [5.41, 5.74) is 1.05. The molecule has 1 saturated heterocycles. The second kappa shape index (κ2) is 8.11. The Hall–Kier alpha value is -1.71. The van der Waals surface area contributed by atoms with Gasteiger partial charge in [0.1, 0.15) is 0 Å². The zero-order valence-corrected chi connectivity index (χ0v) is 16.1. The van der Waals surface area contributed by atoms with E-state index in [0.29, 0.717) is 12.4 Å². The van der Waals surface area contributed by atoms with Gasteiger partial charge >= 0.3 is 0 Å². The second-order valence-corrected chi connectivity index (χ2v) is 8.45. The van der Waals surface area contributed by atoms with Gasteiger partial charge in [-0.25, -0.2) is 13.1 Å². The van der Waals surface area contributed by atoms with Crippen molar-refractivity contribution >= 4 is 37.5 Å². The zero-order valence-electron chi connectivity index (χ0n) is 13.7. The number of anilines is 2. The molecule has 3 rings (SSSR count). The van der Waals surface area contributed by atoms with E-state index in [9.17, 15) is 8.42 Å². The van der Waals surface area contributed by atoms with Crippen LogP contribution in [0.5, 0.6) is 0 Å². The van der Waals surface area contributed by atoms with Crippen molar-refractivity contribution in [2.75, 3.05) is 36.4 Å². The normalized spacial score (nSPS) is 14.7. The Morgan fingerprint density at radius 3 is 2.56 bits per heavy atom. The van der Waals surface area contributed by atoms with Crippen LogP contribution in [0.3, 0.4) is 0 Å². The van der Waals surface area contributed by atoms with E-state index >= 15 is 0 Å². The van der Waals surface area contributed by atoms with Gasteiger partial charge in [0.2, 0.25) is 10.0 Å². The molecule has 0 bridgehead atoms. The third kappa shape index (κ3) is 4.90. The second-order valence-electron chi connectivity index (χ2n) is 5.77.